The van der Waals surface area contributed by atoms with Gasteiger partial charge in [-0.25, -0.2) is 0 Å². The zero-order chi connectivity index (χ0) is 16.5. The lowest BCUT2D eigenvalue weighted by molar-refractivity contribution is -0.146. The van der Waals surface area contributed by atoms with E-state index < -0.39 is 0 Å². The van der Waals surface area contributed by atoms with E-state index in [1.54, 1.807) is 0 Å². The second-order valence-electron chi connectivity index (χ2n) is 5.51. The topological polar surface area (TPSA) is 95.2 Å². The first-order valence-corrected chi connectivity index (χ1v) is 7.77. The number of carbonyl (C=O) groups is 1. The first-order valence-electron chi connectivity index (χ1n) is 7.37. The minimum absolute atomic E-state index is 0.100. The SMILES string of the molecule is CC(C[C@H]1C[C@H](COCCOC(C)C)OC1=O)=NNC(N)=S. The average Bonchev–Trinajstić information content (AvgIpc) is 2.76. The monoisotopic (exact) mass is 331 g/mol. The molecule has 1 heterocycles. The molecule has 2 atom stereocenters. The van der Waals surface area contributed by atoms with Gasteiger partial charge in [0.1, 0.15) is 6.10 Å². The summed E-state index contributed by atoms with van der Waals surface area (Å²) < 4.78 is 16.1. The highest BCUT2D eigenvalue weighted by Crippen LogP contribution is 2.24. The Morgan fingerprint density at radius 2 is 2.27 bits per heavy atom. The molecule has 0 bridgehead atoms. The van der Waals surface area contributed by atoms with E-state index in [1.807, 2.05) is 20.8 Å². The summed E-state index contributed by atoms with van der Waals surface area (Å²) in [5, 5.41) is 4.09. The van der Waals surface area contributed by atoms with Crippen LogP contribution in [0.25, 0.3) is 0 Å². The maximum atomic E-state index is 11.8. The Morgan fingerprint density at radius 1 is 1.55 bits per heavy atom. The highest BCUT2D eigenvalue weighted by Gasteiger charge is 2.34. The summed E-state index contributed by atoms with van der Waals surface area (Å²) in [5.41, 5.74) is 8.55. The van der Waals surface area contributed by atoms with Gasteiger partial charge in [-0.1, -0.05) is 0 Å². The van der Waals surface area contributed by atoms with Gasteiger partial charge in [-0.2, -0.15) is 5.10 Å². The number of hydrogen-bond acceptors (Lipinski definition) is 6. The van der Waals surface area contributed by atoms with E-state index in [9.17, 15) is 4.79 Å². The average molecular weight is 331 g/mol. The fourth-order valence-electron chi connectivity index (χ4n) is 2.10. The molecular formula is C14H25N3O4S. The van der Waals surface area contributed by atoms with Gasteiger partial charge in [0.2, 0.25) is 0 Å². The Morgan fingerprint density at radius 3 is 2.91 bits per heavy atom. The normalized spacial score (nSPS) is 22.0. The molecule has 0 aliphatic carbocycles. The summed E-state index contributed by atoms with van der Waals surface area (Å²) in [7, 11) is 0. The molecule has 22 heavy (non-hydrogen) atoms. The number of nitrogens with two attached hydrogens (primary N) is 1. The van der Waals surface area contributed by atoms with Crippen molar-refractivity contribution in [2.45, 2.75) is 45.8 Å². The summed E-state index contributed by atoms with van der Waals surface area (Å²) in [6.07, 6.45) is 1.13. The van der Waals surface area contributed by atoms with Crippen LogP contribution in [0, 0.1) is 5.92 Å². The van der Waals surface area contributed by atoms with Crippen LogP contribution in [0.15, 0.2) is 5.10 Å². The third-order valence-electron chi connectivity index (χ3n) is 3.04. The number of rotatable bonds is 9. The van der Waals surface area contributed by atoms with E-state index in [0.717, 1.165) is 5.71 Å². The third-order valence-corrected chi connectivity index (χ3v) is 3.14. The smallest absolute Gasteiger partial charge is 0.309 e. The molecule has 1 saturated heterocycles. The number of esters is 1. The standard InChI is InChI=1S/C14H25N3O4S/c1-9(2)20-5-4-19-8-12-7-11(13(18)21-12)6-10(3)16-17-14(15)22/h9,11-12H,4-8H2,1-3H3,(H3,15,17,22)/t11-,12+/m0/s1. The molecule has 126 valence electrons. The first-order chi connectivity index (χ1) is 10.4. The van der Waals surface area contributed by atoms with Crippen LogP contribution in [-0.2, 0) is 19.0 Å². The predicted molar refractivity (Wildman–Crippen MR) is 87.5 cm³/mol. The second-order valence-corrected chi connectivity index (χ2v) is 5.95. The van der Waals surface area contributed by atoms with Crippen molar-refractivity contribution in [3.8, 4) is 0 Å². The molecule has 0 aromatic rings. The molecule has 0 amide bonds. The third kappa shape index (κ3) is 7.67. The maximum Gasteiger partial charge on any atom is 0.309 e. The molecular weight excluding hydrogens is 306 g/mol. The van der Waals surface area contributed by atoms with Gasteiger partial charge in [-0.05, 0) is 33.0 Å². The summed E-state index contributed by atoms with van der Waals surface area (Å²) in [6, 6.07) is 0. The van der Waals surface area contributed by atoms with Crippen molar-refractivity contribution >= 4 is 29.0 Å². The Balaban J connectivity index is 2.25. The Kier molecular flexibility index (Phi) is 8.29. The predicted octanol–water partition coefficient (Wildman–Crippen LogP) is 0.959. The number of nitrogens with zero attached hydrogens (tertiary/aromatic N) is 1. The van der Waals surface area contributed by atoms with Crippen LogP contribution in [0.4, 0.5) is 0 Å². The highest BCUT2D eigenvalue weighted by molar-refractivity contribution is 7.80. The van der Waals surface area contributed by atoms with Gasteiger partial charge < -0.3 is 19.9 Å². The molecule has 3 N–H and O–H groups in total. The molecule has 1 aliphatic heterocycles. The number of carbonyl (C=O) groups excluding carboxylic acids is 1. The number of ether oxygens (including phenoxy) is 3. The summed E-state index contributed by atoms with van der Waals surface area (Å²) in [4.78, 5) is 11.8. The van der Waals surface area contributed by atoms with Gasteiger partial charge in [0.05, 0.1) is 31.8 Å². The van der Waals surface area contributed by atoms with Crippen LogP contribution in [-0.4, -0.2) is 48.8 Å². The van der Waals surface area contributed by atoms with Crippen LogP contribution in [0.1, 0.15) is 33.6 Å². The fraction of sp³-hybridized carbons (Fsp3) is 0.786. The molecule has 0 aromatic heterocycles. The number of nitrogens with one attached hydrogen (secondary N) is 1. The Bertz CT molecular complexity index is 415. The lowest BCUT2D eigenvalue weighted by Gasteiger charge is -2.11. The van der Waals surface area contributed by atoms with Crippen molar-refractivity contribution in [3.05, 3.63) is 0 Å². The summed E-state index contributed by atoms with van der Waals surface area (Å²) >= 11 is 4.66. The zero-order valence-corrected chi connectivity index (χ0v) is 14.1. The fourth-order valence-corrected chi connectivity index (χ4v) is 2.15. The minimum atomic E-state index is -0.211. The van der Waals surface area contributed by atoms with Crippen LogP contribution in [0.3, 0.4) is 0 Å². The number of hydrogen-bond donors (Lipinski definition) is 2. The molecule has 8 heteroatoms. The van der Waals surface area contributed by atoms with Gasteiger partial charge in [-0.15, -0.1) is 0 Å². The molecule has 1 aliphatic rings. The molecule has 1 rings (SSSR count). The summed E-state index contributed by atoms with van der Waals surface area (Å²) in [5.74, 6) is -0.408. The largest absolute Gasteiger partial charge is 0.460 e. The quantitative estimate of drug-likeness (QED) is 0.214. The number of hydrazone groups is 1. The molecule has 0 unspecified atom stereocenters. The summed E-state index contributed by atoms with van der Waals surface area (Å²) in [6.45, 7) is 7.18. The zero-order valence-electron chi connectivity index (χ0n) is 13.3. The van der Waals surface area contributed by atoms with E-state index in [4.69, 9.17) is 19.9 Å². The van der Waals surface area contributed by atoms with Gasteiger partial charge >= 0.3 is 5.97 Å². The van der Waals surface area contributed by atoms with Crippen molar-refractivity contribution in [1.82, 2.24) is 5.43 Å². The van der Waals surface area contributed by atoms with Gasteiger partial charge in [0.25, 0.3) is 0 Å². The molecule has 0 saturated carbocycles. The Hall–Kier alpha value is -1.25. The molecule has 0 aromatic carbocycles. The molecule has 7 nitrogen and oxygen atoms in total. The molecule has 0 spiro atoms. The number of cyclic esters (lactones) is 1. The second kappa shape index (κ2) is 9.70. The molecule has 1 fully saturated rings. The van der Waals surface area contributed by atoms with Crippen LogP contribution in [0.2, 0.25) is 0 Å². The first kappa shape index (κ1) is 18.8. The van der Waals surface area contributed by atoms with E-state index >= 15 is 0 Å². The van der Waals surface area contributed by atoms with Gasteiger partial charge in [-0.3, -0.25) is 10.2 Å². The minimum Gasteiger partial charge on any atom is -0.460 e. The van der Waals surface area contributed by atoms with Gasteiger partial charge in [0.15, 0.2) is 5.11 Å². The van der Waals surface area contributed by atoms with Crippen LogP contribution >= 0.6 is 12.2 Å². The van der Waals surface area contributed by atoms with Crippen molar-refractivity contribution in [3.63, 3.8) is 0 Å². The van der Waals surface area contributed by atoms with Crippen molar-refractivity contribution in [1.29, 1.82) is 0 Å². The van der Waals surface area contributed by atoms with E-state index in [1.165, 1.54) is 0 Å². The highest BCUT2D eigenvalue weighted by atomic mass is 32.1. The van der Waals surface area contributed by atoms with E-state index in [0.29, 0.717) is 32.7 Å². The van der Waals surface area contributed by atoms with E-state index in [2.05, 4.69) is 22.7 Å². The van der Waals surface area contributed by atoms with Gasteiger partial charge in [0, 0.05) is 18.6 Å². The molecule has 0 radical (unpaired) electrons. The van der Waals surface area contributed by atoms with Crippen LogP contribution < -0.4 is 11.2 Å². The van der Waals surface area contributed by atoms with Crippen molar-refractivity contribution < 1.29 is 19.0 Å². The number of thiocarbonyl (C=S) groups is 1. The lowest BCUT2D eigenvalue weighted by Crippen LogP contribution is -2.25. The van der Waals surface area contributed by atoms with Crippen molar-refractivity contribution in [2.24, 2.45) is 16.8 Å². The van der Waals surface area contributed by atoms with Crippen molar-refractivity contribution in [2.75, 3.05) is 19.8 Å². The maximum absolute atomic E-state index is 11.8. The lowest BCUT2D eigenvalue weighted by atomic mass is 9.99. The van der Waals surface area contributed by atoms with E-state index in [-0.39, 0.29) is 29.2 Å². The van der Waals surface area contributed by atoms with Crippen LogP contribution in [0.5, 0.6) is 0 Å². The Labute approximate surface area is 136 Å².